The number of nitrogens with zero attached hydrogens (tertiary/aromatic N) is 2. The third kappa shape index (κ3) is 2.40. The van der Waals surface area contributed by atoms with Crippen LogP contribution in [0.1, 0.15) is 56.1 Å². The fraction of sp³-hybridized carbons (Fsp3) is 0.812. The summed E-state index contributed by atoms with van der Waals surface area (Å²) in [4.78, 5) is 6.84. The van der Waals surface area contributed by atoms with Crippen LogP contribution in [0.2, 0.25) is 0 Å². The monoisotopic (exact) mass is 276 g/mol. The minimum absolute atomic E-state index is 0.234. The van der Waals surface area contributed by atoms with Crippen molar-refractivity contribution in [2.24, 2.45) is 11.8 Å². The highest BCUT2D eigenvalue weighted by molar-refractivity contribution is 5.05. The third-order valence-corrected chi connectivity index (χ3v) is 5.41. The molecule has 0 radical (unpaired) electrons. The average Bonchev–Trinajstić information content (AvgIpc) is 2.90. The van der Waals surface area contributed by atoms with Gasteiger partial charge < -0.3 is 9.52 Å². The molecule has 110 valence electrons. The zero-order valence-corrected chi connectivity index (χ0v) is 12.0. The first-order valence-electron chi connectivity index (χ1n) is 8.13. The summed E-state index contributed by atoms with van der Waals surface area (Å²) in [5.41, 5.74) is 0. The number of hydrogen-bond acceptors (Lipinski definition) is 4. The molecule has 3 aliphatic carbocycles. The molecule has 0 saturated heterocycles. The molecule has 1 heterocycles. The van der Waals surface area contributed by atoms with Crippen molar-refractivity contribution in [3.05, 3.63) is 17.8 Å². The van der Waals surface area contributed by atoms with Gasteiger partial charge in [0.2, 0.25) is 0 Å². The Bertz CT molecular complexity index is 469. The van der Waals surface area contributed by atoms with E-state index in [-0.39, 0.29) is 6.61 Å². The maximum Gasteiger partial charge on any atom is 0.197 e. The molecule has 1 aromatic heterocycles. The first kappa shape index (κ1) is 12.8. The topological polar surface area (TPSA) is 49.5 Å². The van der Waals surface area contributed by atoms with Gasteiger partial charge >= 0.3 is 0 Å². The van der Waals surface area contributed by atoms with Crippen LogP contribution in [-0.2, 0) is 6.54 Å². The standard InChI is InChI=1S/C16H24N2O2/c19-6-5-18(15-8-11-1-2-13(15)7-11)10-14-9-17-16(20-14)12-3-4-12/h9,11-13,15,19H,1-8,10H2. The fourth-order valence-electron chi connectivity index (χ4n) is 4.26. The number of oxazole rings is 1. The maximum absolute atomic E-state index is 9.36. The molecule has 0 spiro atoms. The lowest BCUT2D eigenvalue weighted by Crippen LogP contribution is -2.40. The Labute approximate surface area is 120 Å². The van der Waals surface area contributed by atoms with Crippen LogP contribution in [-0.4, -0.2) is 34.2 Å². The highest BCUT2D eigenvalue weighted by atomic mass is 16.4. The van der Waals surface area contributed by atoms with E-state index in [1.807, 2.05) is 6.20 Å². The number of aliphatic hydroxyl groups excluding tert-OH is 1. The van der Waals surface area contributed by atoms with Gasteiger partial charge in [-0.05, 0) is 43.9 Å². The molecule has 3 saturated carbocycles. The third-order valence-electron chi connectivity index (χ3n) is 5.41. The minimum Gasteiger partial charge on any atom is -0.444 e. The molecular weight excluding hydrogens is 252 g/mol. The van der Waals surface area contributed by atoms with Crippen molar-refractivity contribution >= 4 is 0 Å². The van der Waals surface area contributed by atoms with Crippen molar-refractivity contribution < 1.29 is 9.52 Å². The summed E-state index contributed by atoms with van der Waals surface area (Å²) in [6.07, 6.45) is 9.86. The summed E-state index contributed by atoms with van der Waals surface area (Å²) in [7, 11) is 0. The van der Waals surface area contributed by atoms with E-state index in [0.29, 0.717) is 12.0 Å². The van der Waals surface area contributed by atoms with Crippen molar-refractivity contribution in [2.75, 3.05) is 13.2 Å². The van der Waals surface area contributed by atoms with Crippen LogP contribution in [0.4, 0.5) is 0 Å². The van der Waals surface area contributed by atoms with Crippen LogP contribution in [0.15, 0.2) is 10.6 Å². The Morgan fingerprint density at radius 2 is 2.15 bits per heavy atom. The van der Waals surface area contributed by atoms with E-state index in [2.05, 4.69) is 9.88 Å². The quantitative estimate of drug-likeness (QED) is 0.867. The Kier molecular flexibility index (Phi) is 3.31. The lowest BCUT2D eigenvalue weighted by molar-refractivity contribution is 0.0991. The van der Waals surface area contributed by atoms with Crippen LogP contribution in [0.3, 0.4) is 0 Å². The molecule has 4 nitrogen and oxygen atoms in total. The molecule has 0 aromatic carbocycles. The van der Waals surface area contributed by atoms with Gasteiger partial charge in [-0.15, -0.1) is 0 Å². The first-order chi connectivity index (χ1) is 9.83. The second-order valence-electron chi connectivity index (χ2n) is 6.88. The zero-order chi connectivity index (χ0) is 13.5. The van der Waals surface area contributed by atoms with E-state index in [1.54, 1.807) is 0 Å². The molecule has 0 amide bonds. The van der Waals surface area contributed by atoms with Crippen LogP contribution >= 0.6 is 0 Å². The number of aromatic nitrogens is 1. The Morgan fingerprint density at radius 1 is 1.25 bits per heavy atom. The number of fused-ring (bicyclic) bond motifs is 2. The van der Waals surface area contributed by atoms with E-state index in [4.69, 9.17) is 4.42 Å². The smallest absolute Gasteiger partial charge is 0.197 e. The number of aliphatic hydroxyl groups is 1. The normalized spacial score (nSPS) is 32.4. The van der Waals surface area contributed by atoms with Crippen LogP contribution < -0.4 is 0 Å². The minimum atomic E-state index is 0.234. The molecule has 1 N–H and O–H groups in total. The van der Waals surface area contributed by atoms with Gasteiger partial charge in [-0.1, -0.05) is 6.42 Å². The van der Waals surface area contributed by atoms with Crippen molar-refractivity contribution in [1.82, 2.24) is 9.88 Å². The molecule has 1 aromatic rings. The zero-order valence-electron chi connectivity index (χ0n) is 12.0. The van der Waals surface area contributed by atoms with E-state index in [1.165, 1.54) is 38.5 Å². The Hall–Kier alpha value is -0.870. The predicted molar refractivity (Wildman–Crippen MR) is 75.2 cm³/mol. The van der Waals surface area contributed by atoms with E-state index >= 15 is 0 Å². The van der Waals surface area contributed by atoms with Gasteiger partial charge in [0.05, 0.1) is 19.3 Å². The molecular formula is C16H24N2O2. The van der Waals surface area contributed by atoms with E-state index in [9.17, 15) is 5.11 Å². The van der Waals surface area contributed by atoms with Gasteiger partial charge in [0.15, 0.2) is 5.89 Å². The highest BCUT2D eigenvalue weighted by Gasteiger charge is 2.42. The first-order valence-corrected chi connectivity index (χ1v) is 8.13. The summed E-state index contributed by atoms with van der Waals surface area (Å²) >= 11 is 0. The predicted octanol–water partition coefficient (Wildman–Crippen LogP) is 2.53. The summed E-state index contributed by atoms with van der Waals surface area (Å²) < 4.78 is 5.89. The molecule has 3 fully saturated rings. The lowest BCUT2D eigenvalue weighted by atomic mass is 9.94. The van der Waals surface area contributed by atoms with Gasteiger partial charge in [-0.3, -0.25) is 4.90 Å². The van der Waals surface area contributed by atoms with E-state index in [0.717, 1.165) is 36.6 Å². The van der Waals surface area contributed by atoms with Crippen molar-refractivity contribution in [3.8, 4) is 0 Å². The summed E-state index contributed by atoms with van der Waals surface area (Å²) in [6.45, 7) is 1.80. The Balaban J connectivity index is 1.44. The maximum atomic E-state index is 9.36. The van der Waals surface area contributed by atoms with Crippen LogP contribution in [0, 0.1) is 11.8 Å². The average molecular weight is 276 g/mol. The second kappa shape index (κ2) is 5.15. The summed E-state index contributed by atoms with van der Waals surface area (Å²) in [5, 5.41) is 9.36. The van der Waals surface area contributed by atoms with Gasteiger partial charge in [0, 0.05) is 18.5 Å². The van der Waals surface area contributed by atoms with Gasteiger partial charge in [-0.25, -0.2) is 4.98 Å². The second-order valence-corrected chi connectivity index (χ2v) is 6.88. The molecule has 3 atom stereocenters. The summed E-state index contributed by atoms with van der Waals surface area (Å²) in [5.74, 6) is 4.26. The molecule has 4 rings (SSSR count). The number of hydrogen-bond donors (Lipinski definition) is 1. The molecule has 3 aliphatic rings. The van der Waals surface area contributed by atoms with Crippen LogP contribution in [0.5, 0.6) is 0 Å². The summed E-state index contributed by atoms with van der Waals surface area (Å²) in [6, 6.07) is 0.648. The fourth-order valence-corrected chi connectivity index (χ4v) is 4.26. The van der Waals surface area contributed by atoms with Gasteiger partial charge in [-0.2, -0.15) is 0 Å². The Morgan fingerprint density at radius 3 is 2.80 bits per heavy atom. The van der Waals surface area contributed by atoms with Crippen molar-refractivity contribution in [1.29, 1.82) is 0 Å². The number of rotatable bonds is 6. The highest BCUT2D eigenvalue weighted by Crippen LogP contribution is 2.47. The molecule has 3 unspecified atom stereocenters. The molecule has 0 aliphatic heterocycles. The molecule has 2 bridgehead atoms. The van der Waals surface area contributed by atoms with Crippen LogP contribution in [0.25, 0.3) is 0 Å². The van der Waals surface area contributed by atoms with Crippen molar-refractivity contribution in [3.63, 3.8) is 0 Å². The molecule has 20 heavy (non-hydrogen) atoms. The largest absolute Gasteiger partial charge is 0.444 e. The lowest BCUT2D eigenvalue weighted by Gasteiger charge is -2.33. The SMILES string of the molecule is OCCN(Cc1cnc(C2CC2)o1)C1CC2CCC1C2. The van der Waals surface area contributed by atoms with Crippen molar-refractivity contribution in [2.45, 2.75) is 57.0 Å². The van der Waals surface area contributed by atoms with Gasteiger partial charge in [0.1, 0.15) is 5.76 Å². The molecule has 4 heteroatoms. The van der Waals surface area contributed by atoms with E-state index < -0.39 is 0 Å². The van der Waals surface area contributed by atoms with Gasteiger partial charge in [0.25, 0.3) is 0 Å².